The van der Waals surface area contributed by atoms with Crippen molar-refractivity contribution in [2.75, 3.05) is 5.75 Å². The first-order chi connectivity index (χ1) is 11.5. The van der Waals surface area contributed by atoms with Crippen LogP contribution in [0.25, 0.3) is 0 Å². The first kappa shape index (κ1) is 16.5. The summed E-state index contributed by atoms with van der Waals surface area (Å²) in [6, 6.07) is 18.3. The van der Waals surface area contributed by atoms with E-state index in [0.29, 0.717) is 16.2 Å². The number of allylic oxidation sites excluding steroid dienone is 1. The summed E-state index contributed by atoms with van der Waals surface area (Å²) in [6.07, 6.45) is 1.58. The molecule has 1 aliphatic rings. The van der Waals surface area contributed by atoms with Gasteiger partial charge in [0, 0.05) is 23.0 Å². The van der Waals surface area contributed by atoms with Gasteiger partial charge in [0.05, 0.1) is 10.6 Å². The third-order valence-electron chi connectivity index (χ3n) is 3.94. The predicted octanol–water partition coefficient (Wildman–Crippen LogP) is 4.38. The van der Waals surface area contributed by atoms with Crippen LogP contribution >= 0.6 is 11.8 Å². The second kappa shape index (κ2) is 6.65. The summed E-state index contributed by atoms with van der Waals surface area (Å²) in [5, 5.41) is 0.711. The first-order valence-electron chi connectivity index (χ1n) is 7.82. The summed E-state index contributed by atoms with van der Waals surface area (Å²) in [6.45, 7) is 4.04. The van der Waals surface area contributed by atoms with E-state index in [2.05, 4.69) is 0 Å². The van der Waals surface area contributed by atoms with Gasteiger partial charge < -0.3 is 0 Å². The molecule has 0 aromatic heterocycles. The van der Waals surface area contributed by atoms with Crippen LogP contribution < -0.4 is 0 Å². The van der Waals surface area contributed by atoms with Crippen LogP contribution in [-0.2, 0) is 0 Å². The fourth-order valence-electron chi connectivity index (χ4n) is 2.67. The highest BCUT2D eigenvalue weighted by atomic mass is 32.2. The van der Waals surface area contributed by atoms with Gasteiger partial charge >= 0.3 is 0 Å². The molecule has 0 bridgehead atoms. The summed E-state index contributed by atoms with van der Waals surface area (Å²) < 4.78 is 0. The number of ketones is 1. The van der Waals surface area contributed by atoms with Crippen LogP contribution in [-0.4, -0.2) is 27.9 Å². The van der Waals surface area contributed by atoms with Crippen LogP contribution in [0.1, 0.15) is 34.6 Å². The third-order valence-corrected chi connectivity index (χ3v) is 5.38. The second-order valence-electron chi connectivity index (χ2n) is 6.32. The molecule has 3 rings (SSSR count). The minimum Gasteiger partial charge on any atom is -0.296 e. The van der Waals surface area contributed by atoms with Gasteiger partial charge in [0.2, 0.25) is 0 Å². The highest BCUT2D eigenvalue weighted by Gasteiger charge is 2.40. The van der Waals surface area contributed by atoms with Gasteiger partial charge in [-0.15, -0.1) is 11.8 Å². The maximum Gasteiger partial charge on any atom is 0.259 e. The van der Waals surface area contributed by atoms with E-state index in [0.717, 1.165) is 5.75 Å². The molecule has 0 radical (unpaired) electrons. The molecule has 1 aliphatic heterocycles. The van der Waals surface area contributed by atoms with Gasteiger partial charge in [-0.2, -0.15) is 0 Å². The van der Waals surface area contributed by atoms with Crippen molar-refractivity contribution in [1.29, 1.82) is 0 Å². The van der Waals surface area contributed by atoms with Crippen molar-refractivity contribution >= 4 is 23.5 Å². The Balaban J connectivity index is 1.94. The lowest BCUT2D eigenvalue weighted by Crippen LogP contribution is -2.43. The minimum absolute atomic E-state index is 0.0716. The van der Waals surface area contributed by atoms with Crippen LogP contribution in [0.4, 0.5) is 0 Å². The lowest BCUT2D eigenvalue weighted by molar-refractivity contribution is 0.0715. The summed E-state index contributed by atoms with van der Waals surface area (Å²) >= 11 is 1.55. The molecule has 0 atom stereocenters. The number of rotatable bonds is 3. The predicted molar refractivity (Wildman–Crippen MR) is 98.0 cm³/mol. The highest BCUT2D eigenvalue weighted by molar-refractivity contribution is 8.03. The zero-order valence-electron chi connectivity index (χ0n) is 13.7. The number of benzene rings is 2. The molecule has 0 unspecified atom stereocenters. The van der Waals surface area contributed by atoms with Crippen LogP contribution in [0.2, 0.25) is 0 Å². The largest absolute Gasteiger partial charge is 0.296 e. The van der Waals surface area contributed by atoms with E-state index in [1.807, 2.05) is 50.2 Å². The Bertz CT molecular complexity index is 782. The maximum absolute atomic E-state index is 13.0. The summed E-state index contributed by atoms with van der Waals surface area (Å²) in [4.78, 5) is 27.2. The Morgan fingerprint density at radius 3 is 2.08 bits per heavy atom. The molecule has 4 heteroatoms. The molecule has 2 aromatic carbocycles. The average Bonchev–Trinajstić information content (AvgIpc) is 2.90. The van der Waals surface area contributed by atoms with Crippen LogP contribution in [0.5, 0.6) is 0 Å². The van der Waals surface area contributed by atoms with Gasteiger partial charge in [-0.1, -0.05) is 48.5 Å². The van der Waals surface area contributed by atoms with Crippen molar-refractivity contribution in [1.82, 2.24) is 4.90 Å². The molecule has 122 valence electrons. The number of carbonyl (C=O) groups is 2. The van der Waals surface area contributed by atoms with Crippen molar-refractivity contribution in [2.45, 2.75) is 19.4 Å². The molecule has 3 nitrogen and oxygen atoms in total. The van der Waals surface area contributed by atoms with E-state index < -0.39 is 0 Å². The SMILES string of the molecule is CC1(C)CS/C(=C\C(=O)c2ccccc2)N1C(=O)c1ccccc1. The topological polar surface area (TPSA) is 37.4 Å². The van der Waals surface area contributed by atoms with Gasteiger partial charge in [-0.3, -0.25) is 14.5 Å². The number of thioether (sulfide) groups is 1. The quantitative estimate of drug-likeness (QED) is 0.616. The number of nitrogens with zero attached hydrogens (tertiary/aromatic N) is 1. The third kappa shape index (κ3) is 3.29. The number of amides is 1. The molecule has 24 heavy (non-hydrogen) atoms. The van der Waals surface area contributed by atoms with Gasteiger partial charge in [-0.05, 0) is 26.0 Å². The van der Waals surface area contributed by atoms with E-state index in [9.17, 15) is 9.59 Å². The second-order valence-corrected chi connectivity index (χ2v) is 7.32. The maximum atomic E-state index is 13.0. The van der Waals surface area contributed by atoms with Crippen molar-refractivity contribution in [2.24, 2.45) is 0 Å². The van der Waals surface area contributed by atoms with Gasteiger partial charge in [0.1, 0.15) is 0 Å². The number of hydrogen-bond donors (Lipinski definition) is 0. The van der Waals surface area contributed by atoms with Crippen molar-refractivity contribution in [3.63, 3.8) is 0 Å². The van der Waals surface area contributed by atoms with E-state index in [-0.39, 0.29) is 17.2 Å². The Morgan fingerprint density at radius 1 is 0.958 bits per heavy atom. The van der Waals surface area contributed by atoms with Crippen LogP contribution in [0.3, 0.4) is 0 Å². The molecule has 2 aromatic rings. The summed E-state index contributed by atoms with van der Waals surface area (Å²) in [7, 11) is 0. The zero-order valence-corrected chi connectivity index (χ0v) is 14.5. The van der Waals surface area contributed by atoms with E-state index in [1.54, 1.807) is 47.0 Å². The average molecular weight is 337 g/mol. The fraction of sp³-hybridized carbons (Fsp3) is 0.200. The van der Waals surface area contributed by atoms with Crippen molar-refractivity contribution in [3.8, 4) is 0 Å². The van der Waals surface area contributed by atoms with Crippen molar-refractivity contribution < 1.29 is 9.59 Å². The van der Waals surface area contributed by atoms with E-state index in [4.69, 9.17) is 0 Å². The molecule has 1 amide bonds. The van der Waals surface area contributed by atoms with Crippen molar-refractivity contribution in [3.05, 3.63) is 82.9 Å². The molecular formula is C20H19NO2S. The smallest absolute Gasteiger partial charge is 0.259 e. The minimum atomic E-state index is -0.333. The number of carbonyl (C=O) groups excluding carboxylic acids is 2. The lowest BCUT2D eigenvalue weighted by Gasteiger charge is -2.31. The molecule has 1 heterocycles. The standard InChI is InChI=1S/C20H19NO2S/c1-20(2)14-24-18(13-17(22)15-9-5-3-6-10-15)21(20)19(23)16-11-7-4-8-12-16/h3-13H,14H2,1-2H3/b18-13-. The molecule has 1 fully saturated rings. The molecular weight excluding hydrogens is 318 g/mol. The van der Waals surface area contributed by atoms with Gasteiger partial charge in [-0.25, -0.2) is 0 Å². The number of hydrogen-bond acceptors (Lipinski definition) is 3. The molecule has 1 saturated heterocycles. The Morgan fingerprint density at radius 2 is 1.50 bits per heavy atom. The Kier molecular flexibility index (Phi) is 4.58. The normalized spacial score (nSPS) is 17.9. The zero-order chi connectivity index (χ0) is 17.2. The summed E-state index contributed by atoms with van der Waals surface area (Å²) in [5.41, 5.74) is 0.925. The van der Waals surface area contributed by atoms with E-state index >= 15 is 0 Å². The van der Waals surface area contributed by atoms with Crippen LogP contribution in [0.15, 0.2) is 71.8 Å². The molecule has 0 saturated carbocycles. The monoisotopic (exact) mass is 337 g/mol. The Hall–Kier alpha value is -2.33. The van der Waals surface area contributed by atoms with Crippen LogP contribution in [0, 0.1) is 0 Å². The molecule has 0 aliphatic carbocycles. The summed E-state index contributed by atoms with van der Waals surface area (Å²) in [5.74, 6) is 0.610. The van der Waals surface area contributed by atoms with E-state index in [1.165, 1.54) is 0 Å². The lowest BCUT2D eigenvalue weighted by atomic mass is 10.0. The molecule has 0 N–H and O–H groups in total. The highest BCUT2D eigenvalue weighted by Crippen LogP contribution is 2.40. The molecule has 0 spiro atoms. The van der Waals surface area contributed by atoms with Gasteiger partial charge in [0.15, 0.2) is 5.78 Å². The first-order valence-corrected chi connectivity index (χ1v) is 8.81. The fourth-order valence-corrected chi connectivity index (χ4v) is 3.95. The Labute approximate surface area is 146 Å². The van der Waals surface area contributed by atoms with Gasteiger partial charge in [0.25, 0.3) is 5.91 Å².